The summed E-state index contributed by atoms with van der Waals surface area (Å²) in [5, 5.41) is 9.35. The first-order valence-electron chi connectivity index (χ1n) is 14.1. The van der Waals surface area contributed by atoms with E-state index < -0.39 is 23.2 Å². The molecule has 0 bridgehead atoms. The van der Waals surface area contributed by atoms with E-state index in [-0.39, 0.29) is 35.7 Å². The molecule has 1 N–H and O–H groups in total. The maximum absolute atomic E-state index is 14.7. The quantitative estimate of drug-likeness (QED) is 0.215. The molecule has 0 spiro atoms. The fraction of sp³-hybridized carbons (Fsp3) is 0.419. The van der Waals surface area contributed by atoms with E-state index in [1.165, 1.54) is 34.3 Å². The number of nitrogens with zero attached hydrogens (tertiary/aromatic N) is 4. The average molecular weight is 597 g/mol. The number of carboxylic acids is 1. The topological polar surface area (TPSA) is 118 Å². The van der Waals surface area contributed by atoms with Crippen molar-refractivity contribution in [1.82, 2.24) is 19.5 Å². The lowest BCUT2D eigenvalue weighted by molar-refractivity contribution is -0.152. The Morgan fingerprint density at radius 3 is 2.40 bits per heavy atom. The second-order valence-corrected chi connectivity index (χ2v) is 11.0. The summed E-state index contributed by atoms with van der Waals surface area (Å²) < 4.78 is 53.6. The van der Waals surface area contributed by atoms with Crippen molar-refractivity contribution in [1.29, 1.82) is 0 Å². The Morgan fingerprint density at radius 1 is 1.02 bits per heavy atom. The van der Waals surface area contributed by atoms with Crippen molar-refractivity contribution >= 4 is 17.0 Å². The monoisotopic (exact) mass is 596 g/mol. The molecule has 12 heteroatoms. The minimum Gasteiger partial charge on any atom is -0.481 e. The van der Waals surface area contributed by atoms with Gasteiger partial charge in [-0.2, -0.15) is 4.98 Å². The zero-order valence-electron chi connectivity index (χ0n) is 24.5. The van der Waals surface area contributed by atoms with E-state index in [2.05, 4.69) is 9.97 Å². The van der Waals surface area contributed by atoms with Crippen molar-refractivity contribution in [2.75, 3.05) is 20.8 Å². The van der Waals surface area contributed by atoms with E-state index in [9.17, 15) is 18.7 Å². The summed E-state index contributed by atoms with van der Waals surface area (Å²) in [6, 6.07) is 8.54. The molecule has 0 amide bonds. The lowest BCUT2D eigenvalue weighted by atomic mass is 9.83. The summed E-state index contributed by atoms with van der Waals surface area (Å²) >= 11 is 0. The third-order valence-corrected chi connectivity index (χ3v) is 7.73. The predicted molar refractivity (Wildman–Crippen MR) is 154 cm³/mol. The van der Waals surface area contributed by atoms with Crippen LogP contribution in [0.4, 0.5) is 8.78 Å². The molecule has 228 valence electrons. The normalized spacial score (nSPS) is 14.8. The van der Waals surface area contributed by atoms with Crippen LogP contribution >= 0.6 is 0 Å². The smallest absolute Gasteiger partial charge is 0.347 e. The molecule has 5 rings (SSSR count). The minimum atomic E-state index is -1.43. The number of carbonyl (C=O) groups is 1. The zero-order chi connectivity index (χ0) is 30.7. The summed E-state index contributed by atoms with van der Waals surface area (Å²) in [5.74, 6) is -1.33. The highest BCUT2D eigenvalue weighted by Crippen LogP contribution is 2.41. The molecular weight excluding hydrogens is 562 g/mol. The number of carboxylic acid groups (broad SMARTS) is 1. The van der Waals surface area contributed by atoms with Crippen LogP contribution in [0, 0.1) is 17.6 Å². The molecule has 1 atom stereocenters. The molecule has 3 heterocycles. The summed E-state index contributed by atoms with van der Waals surface area (Å²) in [5.41, 5.74) is -0.199. The van der Waals surface area contributed by atoms with Gasteiger partial charge in [-0.3, -0.25) is 0 Å². The van der Waals surface area contributed by atoms with Crippen LogP contribution in [0.1, 0.15) is 52.0 Å². The Bertz CT molecular complexity index is 1600. The number of imidazole rings is 1. The zero-order valence-corrected chi connectivity index (χ0v) is 24.5. The number of halogens is 2. The molecule has 1 fully saturated rings. The number of methoxy groups -OCH3 is 2. The Labute approximate surface area is 247 Å². The van der Waals surface area contributed by atoms with Crippen molar-refractivity contribution < 1.29 is 37.6 Å². The van der Waals surface area contributed by atoms with Gasteiger partial charge in [0.1, 0.15) is 18.2 Å². The van der Waals surface area contributed by atoms with Gasteiger partial charge in [0.25, 0.3) is 0 Å². The number of ether oxygens (including phenoxy) is 4. The highest BCUT2D eigenvalue weighted by molar-refractivity contribution is 5.82. The second kappa shape index (κ2) is 12.4. The lowest BCUT2D eigenvalue weighted by Gasteiger charge is -2.32. The van der Waals surface area contributed by atoms with Gasteiger partial charge in [-0.05, 0) is 44.7 Å². The first-order chi connectivity index (χ1) is 20.6. The third-order valence-electron chi connectivity index (χ3n) is 7.73. The molecule has 0 saturated heterocycles. The van der Waals surface area contributed by atoms with Crippen LogP contribution in [0.3, 0.4) is 0 Å². The van der Waals surface area contributed by atoms with Gasteiger partial charge in [-0.15, -0.1) is 0 Å². The molecule has 1 saturated carbocycles. The maximum Gasteiger partial charge on any atom is 0.347 e. The molecule has 4 aromatic rings. The fourth-order valence-electron chi connectivity index (χ4n) is 5.44. The largest absolute Gasteiger partial charge is 0.481 e. The van der Waals surface area contributed by atoms with Gasteiger partial charge in [0, 0.05) is 24.3 Å². The number of hydrogen-bond donors (Lipinski definition) is 1. The lowest BCUT2D eigenvalue weighted by Crippen LogP contribution is -2.37. The van der Waals surface area contributed by atoms with Gasteiger partial charge >= 0.3 is 5.97 Å². The number of fused-ring (bicyclic) bond motifs is 1. The molecular formula is C31H34F2N4O6. The number of hydrogen-bond acceptors (Lipinski definition) is 8. The summed E-state index contributed by atoms with van der Waals surface area (Å²) in [7, 11) is 2.98. The van der Waals surface area contributed by atoms with Crippen molar-refractivity contribution in [3.8, 4) is 34.8 Å². The van der Waals surface area contributed by atoms with Crippen LogP contribution in [-0.4, -0.2) is 57.0 Å². The van der Waals surface area contributed by atoms with Gasteiger partial charge in [0.2, 0.25) is 17.6 Å². The maximum atomic E-state index is 14.7. The van der Waals surface area contributed by atoms with E-state index in [1.54, 1.807) is 24.3 Å². The van der Waals surface area contributed by atoms with E-state index in [1.807, 2.05) is 4.57 Å². The van der Waals surface area contributed by atoms with Crippen molar-refractivity contribution in [3.63, 3.8) is 0 Å². The molecule has 1 aliphatic carbocycles. The van der Waals surface area contributed by atoms with Gasteiger partial charge in [-0.1, -0.05) is 19.3 Å². The van der Waals surface area contributed by atoms with Crippen molar-refractivity contribution in [2.24, 2.45) is 5.92 Å². The highest BCUT2D eigenvalue weighted by Gasteiger charge is 2.32. The number of benzene rings is 1. The van der Waals surface area contributed by atoms with Crippen LogP contribution in [-0.2, 0) is 4.79 Å². The molecule has 3 aromatic heterocycles. The first kappa shape index (κ1) is 30.0. The molecule has 0 aliphatic heterocycles. The standard InChI is InChI=1S/C31H34F2N4O6/c1-31(2,30(38)39)43-19-10-12-26(34-16-19)42-17-25(18-8-6-5-7-9-18)37-24-15-22(33)21(32)14-23(24)35-28(37)20-11-13-27(40-3)36-29(20)41-4/h10-16,18,25H,5-9,17H2,1-4H3,(H,38,39). The minimum absolute atomic E-state index is 0.147. The van der Waals surface area contributed by atoms with Crippen LogP contribution in [0.25, 0.3) is 22.4 Å². The summed E-state index contributed by atoms with van der Waals surface area (Å²) in [6.45, 7) is 3.05. The Hall–Kier alpha value is -4.48. The second-order valence-electron chi connectivity index (χ2n) is 11.0. The van der Waals surface area contributed by atoms with E-state index in [0.717, 1.165) is 44.2 Å². The van der Waals surface area contributed by atoms with Crippen LogP contribution in [0.2, 0.25) is 0 Å². The SMILES string of the molecule is COc1ccc(-c2nc3cc(F)c(F)cc3n2C(COc2ccc(OC(C)(C)C(=O)O)cn2)C2CCCCC2)c(OC)n1. The highest BCUT2D eigenvalue weighted by atomic mass is 19.2. The Balaban J connectivity index is 1.56. The first-order valence-corrected chi connectivity index (χ1v) is 14.1. The number of aromatic nitrogens is 4. The van der Waals surface area contributed by atoms with Gasteiger partial charge in [0.15, 0.2) is 17.2 Å². The van der Waals surface area contributed by atoms with E-state index >= 15 is 0 Å². The fourth-order valence-corrected chi connectivity index (χ4v) is 5.44. The Morgan fingerprint density at radius 2 is 1.74 bits per heavy atom. The van der Waals surface area contributed by atoms with Crippen LogP contribution < -0.4 is 18.9 Å². The van der Waals surface area contributed by atoms with Crippen molar-refractivity contribution in [2.45, 2.75) is 57.6 Å². The molecule has 1 aromatic carbocycles. The average Bonchev–Trinajstić information content (AvgIpc) is 3.35. The van der Waals surface area contributed by atoms with Gasteiger partial charge in [-0.25, -0.2) is 23.5 Å². The summed E-state index contributed by atoms with van der Waals surface area (Å²) in [4.78, 5) is 24.9. The molecule has 1 unspecified atom stereocenters. The molecule has 43 heavy (non-hydrogen) atoms. The molecule has 1 aliphatic rings. The number of aliphatic carboxylic acids is 1. The summed E-state index contributed by atoms with van der Waals surface area (Å²) in [6.07, 6.45) is 6.41. The van der Waals surface area contributed by atoms with Crippen LogP contribution in [0.15, 0.2) is 42.6 Å². The third kappa shape index (κ3) is 6.32. The number of pyridine rings is 2. The molecule has 10 nitrogen and oxygen atoms in total. The molecule has 0 radical (unpaired) electrons. The van der Waals surface area contributed by atoms with E-state index in [4.69, 9.17) is 23.9 Å². The van der Waals surface area contributed by atoms with Gasteiger partial charge in [0.05, 0.1) is 43.1 Å². The number of rotatable bonds is 11. The predicted octanol–water partition coefficient (Wildman–Crippen LogP) is 6.23. The van der Waals surface area contributed by atoms with E-state index in [0.29, 0.717) is 28.7 Å². The van der Waals surface area contributed by atoms with Crippen molar-refractivity contribution in [3.05, 3.63) is 54.2 Å². The van der Waals surface area contributed by atoms with Gasteiger partial charge < -0.3 is 28.6 Å². The Kier molecular flexibility index (Phi) is 8.65. The van der Waals surface area contributed by atoms with Crippen LogP contribution in [0.5, 0.6) is 23.4 Å².